The molecule has 1 amide bonds. The highest BCUT2D eigenvalue weighted by molar-refractivity contribution is 5.85. The molecule has 0 radical (unpaired) electrons. The Morgan fingerprint density at radius 2 is 1.85 bits per heavy atom. The summed E-state index contributed by atoms with van der Waals surface area (Å²) in [4.78, 5) is 21.7. The van der Waals surface area contributed by atoms with Gasteiger partial charge in [0.1, 0.15) is 0 Å². The van der Waals surface area contributed by atoms with E-state index in [0.717, 1.165) is 0 Å². The van der Waals surface area contributed by atoms with Crippen molar-refractivity contribution in [2.45, 2.75) is 39.2 Å². The molecule has 0 aliphatic rings. The standard InChI is InChI=1S/C9H18N2O2/c1-6(2)9(13)7(10)4-3-5-8(11)12/h6-7H,3-5,10H2,1-2H3,(H2,11,12)/t7-/m1/s1. The summed E-state index contributed by atoms with van der Waals surface area (Å²) in [6.45, 7) is 3.63. The van der Waals surface area contributed by atoms with Crippen molar-refractivity contribution < 1.29 is 9.59 Å². The van der Waals surface area contributed by atoms with Crippen LogP contribution in [-0.2, 0) is 9.59 Å². The number of ketones is 1. The summed E-state index contributed by atoms with van der Waals surface area (Å²) in [5.41, 5.74) is 10.6. The van der Waals surface area contributed by atoms with Gasteiger partial charge in [0.25, 0.3) is 0 Å². The number of rotatable bonds is 6. The van der Waals surface area contributed by atoms with Crippen molar-refractivity contribution >= 4 is 11.7 Å². The fourth-order valence-electron chi connectivity index (χ4n) is 1.07. The molecule has 1 atom stereocenters. The smallest absolute Gasteiger partial charge is 0.217 e. The van der Waals surface area contributed by atoms with E-state index in [9.17, 15) is 9.59 Å². The molecule has 0 heterocycles. The van der Waals surface area contributed by atoms with Crippen molar-refractivity contribution in [3.8, 4) is 0 Å². The molecule has 0 aliphatic heterocycles. The second-order valence-corrected chi connectivity index (χ2v) is 3.52. The van der Waals surface area contributed by atoms with E-state index in [1.165, 1.54) is 0 Å². The fraction of sp³-hybridized carbons (Fsp3) is 0.778. The van der Waals surface area contributed by atoms with Crippen LogP contribution in [-0.4, -0.2) is 17.7 Å². The summed E-state index contributed by atoms with van der Waals surface area (Å²) in [6.07, 6.45) is 1.44. The van der Waals surface area contributed by atoms with E-state index in [1.54, 1.807) is 0 Å². The fourth-order valence-corrected chi connectivity index (χ4v) is 1.07. The zero-order valence-corrected chi connectivity index (χ0v) is 8.25. The van der Waals surface area contributed by atoms with Crippen molar-refractivity contribution in [1.82, 2.24) is 0 Å². The van der Waals surface area contributed by atoms with Gasteiger partial charge in [-0.2, -0.15) is 0 Å². The average molecular weight is 186 g/mol. The summed E-state index contributed by atoms with van der Waals surface area (Å²) in [6, 6.07) is -0.445. The first-order valence-corrected chi connectivity index (χ1v) is 4.52. The molecule has 76 valence electrons. The van der Waals surface area contributed by atoms with Gasteiger partial charge in [-0.1, -0.05) is 13.8 Å². The molecule has 0 aliphatic carbocycles. The van der Waals surface area contributed by atoms with Gasteiger partial charge in [0.2, 0.25) is 5.91 Å². The first kappa shape index (κ1) is 12.1. The van der Waals surface area contributed by atoms with Crippen molar-refractivity contribution in [1.29, 1.82) is 0 Å². The molecule has 0 aromatic rings. The molecule has 4 nitrogen and oxygen atoms in total. The first-order valence-electron chi connectivity index (χ1n) is 4.52. The van der Waals surface area contributed by atoms with Crippen LogP contribution in [0.3, 0.4) is 0 Å². The Morgan fingerprint density at radius 1 is 1.31 bits per heavy atom. The summed E-state index contributed by atoms with van der Waals surface area (Å²) in [5, 5.41) is 0. The Morgan fingerprint density at radius 3 is 2.23 bits per heavy atom. The van der Waals surface area contributed by atoms with Gasteiger partial charge in [0, 0.05) is 12.3 Å². The number of hydrogen-bond acceptors (Lipinski definition) is 3. The number of nitrogens with two attached hydrogens (primary N) is 2. The lowest BCUT2D eigenvalue weighted by Crippen LogP contribution is -2.33. The highest BCUT2D eigenvalue weighted by Crippen LogP contribution is 2.05. The highest BCUT2D eigenvalue weighted by atomic mass is 16.1. The number of amides is 1. The zero-order chi connectivity index (χ0) is 10.4. The maximum atomic E-state index is 11.3. The minimum atomic E-state index is -0.445. The maximum absolute atomic E-state index is 11.3. The number of Topliss-reactive ketones (excluding diaryl/α,β-unsaturated/α-hetero) is 1. The Kier molecular flexibility index (Phi) is 5.30. The van der Waals surface area contributed by atoms with Gasteiger partial charge in [-0.15, -0.1) is 0 Å². The van der Waals surface area contributed by atoms with E-state index in [4.69, 9.17) is 11.5 Å². The molecule has 0 aromatic carbocycles. The summed E-state index contributed by atoms with van der Waals surface area (Å²) >= 11 is 0. The van der Waals surface area contributed by atoms with E-state index < -0.39 is 6.04 Å². The Labute approximate surface area is 78.7 Å². The van der Waals surface area contributed by atoms with Crippen molar-refractivity contribution in [3.63, 3.8) is 0 Å². The minimum absolute atomic E-state index is 0.0384. The quantitative estimate of drug-likeness (QED) is 0.621. The van der Waals surface area contributed by atoms with E-state index in [2.05, 4.69) is 0 Å². The van der Waals surface area contributed by atoms with Crippen LogP contribution in [0.5, 0.6) is 0 Å². The third-order valence-corrected chi connectivity index (χ3v) is 1.87. The van der Waals surface area contributed by atoms with Gasteiger partial charge in [0.05, 0.1) is 6.04 Å². The van der Waals surface area contributed by atoms with Crippen LogP contribution in [0.1, 0.15) is 33.1 Å². The van der Waals surface area contributed by atoms with Crippen LogP contribution in [0, 0.1) is 5.92 Å². The molecular weight excluding hydrogens is 168 g/mol. The lowest BCUT2D eigenvalue weighted by atomic mass is 9.98. The Bertz CT molecular complexity index is 190. The maximum Gasteiger partial charge on any atom is 0.217 e. The Balaban J connectivity index is 3.68. The second-order valence-electron chi connectivity index (χ2n) is 3.52. The van der Waals surface area contributed by atoms with E-state index in [-0.39, 0.29) is 17.6 Å². The lowest BCUT2D eigenvalue weighted by Gasteiger charge is -2.11. The van der Waals surface area contributed by atoms with E-state index in [1.807, 2.05) is 13.8 Å². The molecule has 0 bridgehead atoms. The van der Waals surface area contributed by atoms with Gasteiger partial charge >= 0.3 is 0 Å². The predicted molar refractivity (Wildman–Crippen MR) is 50.9 cm³/mol. The summed E-state index contributed by atoms with van der Waals surface area (Å²) in [5.74, 6) is -0.336. The van der Waals surface area contributed by atoms with E-state index in [0.29, 0.717) is 19.3 Å². The van der Waals surface area contributed by atoms with Crippen molar-refractivity contribution in [2.75, 3.05) is 0 Å². The molecule has 0 unspecified atom stereocenters. The van der Waals surface area contributed by atoms with Crippen LogP contribution in [0.15, 0.2) is 0 Å². The van der Waals surface area contributed by atoms with Crippen LogP contribution in [0.25, 0.3) is 0 Å². The molecule has 0 saturated carbocycles. The van der Waals surface area contributed by atoms with Crippen LogP contribution in [0.4, 0.5) is 0 Å². The predicted octanol–water partition coefficient (Wildman–Crippen LogP) is 0.194. The number of primary amides is 1. The molecule has 0 aromatic heterocycles. The van der Waals surface area contributed by atoms with Crippen molar-refractivity contribution in [2.24, 2.45) is 17.4 Å². The third kappa shape index (κ3) is 5.36. The van der Waals surface area contributed by atoms with Gasteiger partial charge in [-0.25, -0.2) is 0 Å². The van der Waals surface area contributed by atoms with Crippen molar-refractivity contribution in [3.05, 3.63) is 0 Å². The minimum Gasteiger partial charge on any atom is -0.370 e. The van der Waals surface area contributed by atoms with E-state index >= 15 is 0 Å². The van der Waals surface area contributed by atoms with Crippen LogP contribution < -0.4 is 11.5 Å². The normalized spacial score (nSPS) is 12.9. The Hall–Kier alpha value is -0.900. The van der Waals surface area contributed by atoms with Gasteiger partial charge < -0.3 is 11.5 Å². The van der Waals surface area contributed by atoms with Gasteiger partial charge in [-0.05, 0) is 12.8 Å². The lowest BCUT2D eigenvalue weighted by molar-refractivity contribution is -0.123. The van der Waals surface area contributed by atoms with Crippen LogP contribution in [0.2, 0.25) is 0 Å². The largest absolute Gasteiger partial charge is 0.370 e. The SMILES string of the molecule is CC(C)C(=O)[C@H](N)CCCC(N)=O. The highest BCUT2D eigenvalue weighted by Gasteiger charge is 2.16. The summed E-state index contributed by atoms with van der Waals surface area (Å²) < 4.78 is 0. The number of hydrogen-bond donors (Lipinski definition) is 2. The van der Waals surface area contributed by atoms with Crippen LogP contribution >= 0.6 is 0 Å². The molecule has 0 rings (SSSR count). The molecule has 0 saturated heterocycles. The topological polar surface area (TPSA) is 86.2 Å². The molecular formula is C9H18N2O2. The average Bonchev–Trinajstić information content (AvgIpc) is 2.02. The second kappa shape index (κ2) is 5.70. The molecule has 0 spiro atoms. The van der Waals surface area contributed by atoms with Gasteiger partial charge in [-0.3, -0.25) is 9.59 Å². The monoisotopic (exact) mass is 186 g/mol. The first-order chi connectivity index (χ1) is 5.95. The molecule has 13 heavy (non-hydrogen) atoms. The third-order valence-electron chi connectivity index (χ3n) is 1.87. The molecule has 0 fully saturated rings. The molecule has 4 heteroatoms. The number of carbonyl (C=O) groups excluding carboxylic acids is 2. The summed E-state index contributed by atoms with van der Waals surface area (Å²) in [7, 11) is 0. The number of carbonyl (C=O) groups is 2. The zero-order valence-electron chi connectivity index (χ0n) is 8.25. The molecule has 4 N–H and O–H groups in total. The van der Waals surface area contributed by atoms with Gasteiger partial charge in [0.15, 0.2) is 5.78 Å².